The molecule has 0 fully saturated rings. The van der Waals surface area contributed by atoms with Crippen LogP contribution in [0, 0.1) is 0 Å². The number of esters is 2. The molecule has 2 aromatic rings. The molecule has 0 saturated carbocycles. The first-order chi connectivity index (χ1) is 13.5. The SMILES string of the molecule is C[C@H](C(=O)OC(=O)C(F)(F)F)N1Cc2ccc(-c3nc(Cl)ncc3Cl)cc2C1=O. The molecule has 0 bridgehead atoms. The van der Waals surface area contributed by atoms with Gasteiger partial charge in [-0.1, -0.05) is 23.7 Å². The summed E-state index contributed by atoms with van der Waals surface area (Å²) in [5, 5.41) is 0.141. The van der Waals surface area contributed by atoms with Gasteiger partial charge in [-0.3, -0.25) is 4.79 Å². The minimum absolute atomic E-state index is 0.0523. The molecular weight excluding hydrogens is 438 g/mol. The Hall–Kier alpha value is -2.72. The van der Waals surface area contributed by atoms with E-state index >= 15 is 0 Å². The normalized spacial score (nSPS) is 14.6. The van der Waals surface area contributed by atoms with Crippen molar-refractivity contribution >= 4 is 41.0 Å². The largest absolute Gasteiger partial charge is 0.491 e. The van der Waals surface area contributed by atoms with Gasteiger partial charge >= 0.3 is 18.1 Å². The number of aromatic nitrogens is 2. The number of ether oxygens (including phenoxy) is 1. The summed E-state index contributed by atoms with van der Waals surface area (Å²) in [4.78, 5) is 44.1. The first-order valence-corrected chi connectivity index (χ1v) is 8.69. The van der Waals surface area contributed by atoms with Crippen LogP contribution in [0.2, 0.25) is 10.3 Å². The molecule has 0 spiro atoms. The van der Waals surface area contributed by atoms with Crippen LogP contribution in [-0.2, 0) is 20.9 Å². The lowest BCUT2D eigenvalue weighted by Gasteiger charge is -2.22. The maximum absolute atomic E-state index is 12.7. The molecule has 1 aromatic carbocycles. The Labute approximate surface area is 171 Å². The smallest absolute Gasteiger partial charge is 0.385 e. The molecule has 12 heteroatoms. The highest BCUT2D eigenvalue weighted by Crippen LogP contribution is 2.32. The molecule has 3 rings (SSSR count). The molecule has 0 radical (unpaired) electrons. The molecule has 2 heterocycles. The van der Waals surface area contributed by atoms with Gasteiger partial charge < -0.3 is 9.64 Å². The monoisotopic (exact) mass is 447 g/mol. The fraction of sp³-hybridized carbons (Fsp3) is 0.235. The van der Waals surface area contributed by atoms with Gasteiger partial charge in [0.15, 0.2) is 0 Å². The summed E-state index contributed by atoms with van der Waals surface area (Å²) in [5.41, 5.74) is 1.46. The molecule has 0 unspecified atom stereocenters. The number of hydrogen-bond acceptors (Lipinski definition) is 6. The van der Waals surface area contributed by atoms with Gasteiger partial charge in [-0.05, 0) is 30.2 Å². The van der Waals surface area contributed by atoms with Crippen molar-refractivity contribution in [3.63, 3.8) is 0 Å². The molecule has 1 atom stereocenters. The highest BCUT2D eigenvalue weighted by atomic mass is 35.5. The van der Waals surface area contributed by atoms with Gasteiger partial charge in [-0.2, -0.15) is 13.2 Å². The lowest BCUT2D eigenvalue weighted by atomic mass is 10.0. The minimum atomic E-state index is -5.32. The second-order valence-corrected chi connectivity index (χ2v) is 6.77. The van der Waals surface area contributed by atoms with Crippen LogP contribution in [0.3, 0.4) is 0 Å². The van der Waals surface area contributed by atoms with Crippen molar-refractivity contribution < 1.29 is 32.3 Å². The average Bonchev–Trinajstić information content (AvgIpc) is 2.98. The fourth-order valence-electron chi connectivity index (χ4n) is 2.69. The number of amides is 1. The van der Waals surface area contributed by atoms with E-state index in [4.69, 9.17) is 23.2 Å². The standard InChI is InChI=1S/C17H10Cl2F3N3O4/c1-7(14(27)29-15(28)17(20,21)22)25-6-9-3-2-8(4-10(9)13(25)26)12-11(18)5-23-16(19)24-12/h2-5,7H,6H2,1H3/t7-/m1/s1. The predicted octanol–water partition coefficient (Wildman–Crippen LogP) is 3.43. The van der Waals surface area contributed by atoms with Crippen molar-refractivity contribution in [3.8, 4) is 11.3 Å². The van der Waals surface area contributed by atoms with Crippen molar-refractivity contribution in [2.75, 3.05) is 0 Å². The molecule has 29 heavy (non-hydrogen) atoms. The summed E-state index contributed by atoms with van der Waals surface area (Å²) in [6.07, 6.45) is -4.02. The molecule has 0 N–H and O–H groups in total. The van der Waals surface area contributed by atoms with Gasteiger partial charge in [0.1, 0.15) is 6.04 Å². The van der Waals surface area contributed by atoms with E-state index in [1.54, 1.807) is 12.1 Å². The third-order valence-electron chi connectivity index (χ3n) is 4.16. The summed E-state index contributed by atoms with van der Waals surface area (Å²) >= 11 is 11.8. The Morgan fingerprint density at radius 2 is 1.97 bits per heavy atom. The van der Waals surface area contributed by atoms with Gasteiger partial charge in [0, 0.05) is 17.7 Å². The fourth-order valence-corrected chi connectivity index (χ4v) is 3.03. The quantitative estimate of drug-likeness (QED) is 0.406. The average molecular weight is 448 g/mol. The van der Waals surface area contributed by atoms with Crippen molar-refractivity contribution in [1.29, 1.82) is 0 Å². The number of benzene rings is 1. The predicted molar refractivity (Wildman–Crippen MR) is 94.0 cm³/mol. The van der Waals surface area contributed by atoms with Crippen LogP contribution in [0.5, 0.6) is 0 Å². The van der Waals surface area contributed by atoms with Crippen LogP contribution in [-0.4, -0.2) is 44.9 Å². The summed E-state index contributed by atoms with van der Waals surface area (Å²) < 4.78 is 40.6. The van der Waals surface area contributed by atoms with E-state index in [9.17, 15) is 27.6 Å². The maximum Gasteiger partial charge on any atom is 0.491 e. The second kappa shape index (κ2) is 7.60. The van der Waals surface area contributed by atoms with Crippen LogP contribution in [0.1, 0.15) is 22.8 Å². The Kier molecular flexibility index (Phi) is 5.50. The van der Waals surface area contributed by atoms with Gasteiger partial charge in [0.2, 0.25) is 5.28 Å². The lowest BCUT2D eigenvalue weighted by Crippen LogP contribution is -2.42. The number of halogens is 5. The highest BCUT2D eigenvalue weighted by molar-refractivity contribution is 6.33. The van der Waals surface area contributed by atoms with Crippen molar-refractivity contribution in [3.05, 3.63) is 45.8 Å². The van der Waals surface area contributed by atoms with E-state index in [0.717, 1.165) is 11.8 Å². The van der Waals surface area contributed by atoms with E-state index in [1.807, 2.05) is 0 Å². The molecule has 1 aliphatic rings. The van der Waals surface area contributed by atoms with Crippen LogP contribution < -0.4 is 0 Å². The van der Waals surface area contributed by atoms with Crippen molar-refractivity contribution in [2.45, 2.75) is 25.7 Å². The maximum atomic E-state index is 12.7. The Bertz CT molecular complexity index is 1030. The number of fused-ring (bicyclic) bond motifs is 1. The lowest BCUT2D eigenvalue weighted by molar-refractivity contribution is -0.203. The second-order valence-electron chi connectivity index (χ2n) is 6.02. The number of hydrogen-bond donors (Lipinski definition) is 0. The third-order valence-corrected chi connectivity index (χ3v) is 4.62. The van der Waals surface area contributed by atoms with Crippen LogP contribution in [0.4, 0.5) is 13.2 Å². The summed E-state index contributed by atoms with van der Waals surface area (Å²) in [6.45, 7) is 1.11. The third kappa shape index (κ3) is 4.18. The zero-order valence-electron chi connectivity index (χ0n) is 14.5. The summed E-state index contributed by atoms with van der Waals surface area (Å²) in [5.74, 6) is -4.75. The van der Waals surface area contributed by atoms with Gasteiger partial charge in [-0.25, -0.2) is 19.6 Å². The first-order valence-electron chi connectivity index (χ1n) is 7.94. The van der Waals surface area contributed by atoms with Gasteiger partial charge in [-0.15, -0.1) is 0 Å². The van der Waals surface area contributed by atoms with E-state index in [1.165, 1.54) is 12.3 Å². The molecule has 0 aliphatic carbocycles. The minimum Gasteiger partial charge on any atom is -0.385 e. The number of rotatable bonds is 3. The van der Waals surface area contributed by atoms with Crippen LogP contribution in [0.25, 0.3) is 11.3 Å². The summed E-state index contributed by atoms with van der Waals surface area (Å²) in [6, 6.07) is 3.27. The molecule has 1 aromatic heterocycles. The number of carbonyl (C=O) groups excluding carboxylic acids is 3. The molecule has 0 saturated heterocycles. The van der Waals surface area contributed by atoms with E-state index in [2.05, 4.69) is 14.7 Å². The Balaban J connectivity index is 1.83. The zero-order chi connectivity index (χ0) is 21.5. The first kappa shape index (κ1) is 21.0. The van der Waals surface area contributed by atoms with Gasteiger partial charge in [0.25, 0.3) is 5.91 Å². The Morgan fingerprint density at radius 1 is 1.28 bits per heavy atom. The van der Waals surface area contributed by atoms with Gasteiger partial charge in [0.05, 0.1) is 16.9 Å². The number of alkyl halides is 3. The topological polar surface area (TPSA) is 89.5 Å². The molecule has 1 amide bonds. The van der Waals surface area contributed by atoms with E-state index < -0.39 is 30.1 Å². The van der Waals surface area contributed by atoms with Crippen molar-refractivity contribution in [1.82, 2.24) is 14.9 Å². The molecule has 1 aliphatic heterocycles. The Morgan fingerprint density at radius 3 is 2.62 bits per heavy atom. The molecule has 152 valence electrons. The van der Waals surface area contributed by atoms with E-state index in [0.29, 0.717) is 11.1 Å². The summed E-state index contributed by atoms with van der Waals surface area (Å²) in [7, 11) is 0. The van der Waals surface area contributed by atoms with Crippen LogP contribution >= 0.6 is 23.2 Å². The molecular formula is C17H10Cl2F3N3O4. The molecule has 7 nitrogen and oxygen atoms in total. The highest BCUT2D eigenvalue weighted by Gasteiger charge is 2.44. The van der Waals surface area contributed by atoms with Crippen LogP contribution in [0.15, 0.2) is 24.4 Å². The van der Waals surface area contributed by atoms with E-state index in [-0.39, 0.29) is 28.1 Å². The van der Waals surface area contributed by atoms with Crippen molar-refractivity contribution in [2.24, 2.45) is 0 Å². The number of nitrogens with zero attached hydrogens (tertiary/aromatic N) is 3. The zero-order valence-corrected chi connectivity index (χ0v) is 16.0. The number of carbonyl (C=O) groups is 3.